The molecule has 0 aromatic carbocycles. The van der Waals surface area contributed by atoms with Crippen LogP contribution in [-0.2, 0) is 16.6 Å². The lowest BCUT2D eigenvalue weighted by molar-refractivity contribution is -0.144. The maximum absolute atomic E-state index is 11.2. The van der Waals surface area contributed by atoms with Gasteiger partial charge in [-0.3, -0.25) is 9.36 Å². The summed E-state index contributed by atoms with van der Waals surface area (Å²) in [5, 5.41) is 6.51. The minimum absolute atomic E-state index is 0.124. The van der Waals surface area contributed by atoms with E-state index in [0.29, 0.717) is 5.16 Å². The first-order valence-corrected chi connectivity index (χ1v) is 5.43. The quantitative estimate of drug-likeness (QED) is 0.589. The highest BCUT2D eigenvalue weighted by Gasteiger charge is 2.10. The summed E-state index contributed by atoms with van der Waals surface area (Å²) >= 11 is 1.16. The Kier molecular flexibility index (Phi) is 3.96. The van der Waals surface area contributed by atoms with Gasteiger partial charge in [-0.15, -0.1) is 5.10 Å². The van der Waals surface area contributed by atoms with Gasteiger partial charge in [0.2, 0.25) is 0 Å². The van der Waals surface area contributed by atoms with Crippen molar-refractivity contribution in [1.82, 2.24) is 14.8 Å². The minimum Gasteiger partial charge on any atom is -0.462 e. The van der Waals surface area contributed by atoms with Crippen LogP contribution in [0.15, 0.2) is 9.95 Å². The third kappa shape index (κ3) is 3.43. The van der Waals surface area contributed by atoms with Crippen LogP contribution in [0.1, 0.15) is 13.8 Å². The van der Waals surface area contributed by atoms with E-state index < -0.39 is 0 Å². The number of esters is 1. The lowest BCUT2D eigenvalue weighted by atomic mass is 10.5. The Morgan fingerprint density at radius 2 is 2.33 bits per heavy atom. The summed E-state index contributed by atoms with van der Waals surface area (Å²) in [5.41, 5.74) is -0.297. The van der Waals surface area contributed by atoms with Gasteiger partial charge in [-0.25, -0.2) is 9.89 Å². The van der Waals surface area contributed by atoms with Crippen LogP contribution < -0.4 is 5.69 Å². The largest absolute Gasteiger partial charge is 0.462 e. The van der Waals surface area contributed by atoms with E-state index in [0.717, 1.165) is 11.8 Å². The van der Waals surface area contributed by atoms with E-state index in [-0.39, 0.29) is 23.5 Å². The standard InChI is InChI=1S/C8H13N3O3S/c1-5(2)14-6(12)4-15-8-10-9-7(13)11(8)3/h5H,4H2,1-3H3,(H,9,13). The highest BCUT2D eigenvalue weighted by molar-refractivity contribution is 7.99. The molecule has 0 saturated carbocycles. The molecule has 0 unspecified atom stereocenters. The Hall–Kier alpha value is -1.24. The van der Waals surface area contributed by atoms with Gasteiger partial charge in [0.25, 0.3) is 0 Å². The van der Waals surface area contributed by atoms with E-state index in [1.165, 1.54) is 4.57 Å². The molecule has 1 rings (SSSR count). The fourth-order valence-corrected chi connectivity index (χ4v) is 1.58. The number of carbonyl (C=O) groups is 1. The number of aromatic amines is 1. The average Bonchev–Trinajstić information content (AvgIpc) is 2.44. The number of carbonyl (C=O) groups excluding carboxylic acids is 1. The van der Waals surface area contributed by atoms with Gasteiger partial charge in [0.05, 0.1) is 11.9 Å². The van der Waals surface area contributed by atoms with Crippen molar-refractivity contribution < 1.29 is 9.53 Å². The van der Waals surface area contributed by atoms with Crippen molar-refractivity contribution in [2.45, 2.75) is 25.1 Å². The molecule has 1 aromatic heterocycles. The molecule has 1 N–H and O–H groups in total. The molecule has 0 fully saturated rings. The first kappa shape index (κ1) is 11.8. The van der Waals surface area contributed by atoms with Crippen molar-refractivity contribution >= 4 is 17.7 Å². The molecule has 0 aliphatic rings. The monoisotopic (exact) mass is 231 g/mol. The lowest BCUT2D eigenvalue weighted by Crippen LogP contribution is -2.15. The normalized spacial score (nSPS) is 10.7. The Morgan fingerprint density at radius 3 is 2.80 bits per heavy atom. The molecule has 84 valence electrons. The molecule has 0 spiro atoms. The van der Waals surface area contributed by atoms with Gasteiger partial charge in [0.1, 0.15) is 0 Å². The Bertz CT molecular complexity index is 396. The SMILES string of the molecule is CC(C)OC(=O)CSc1n[nH]c(=O)n1C. The fourth-order valence-electron chi connectivity index (χ4n) is 0.882. The Morgan fingerprint density at radius 1 is 1.67 bits per heavy atom. The molecule has 1 aromatic rings. The third-order valence-electron chi connectivity index (χ3n) is 1.53. The van der Waals surface area contributed by atoms with Crippen molar-refractivity contribution in [3.05, 3.63) is 10.5 Å². The summed E-state index contributed by atoms with van der Waals surface area (Å²) in [6, 6.07) is 0. The Labute approximate surface area is 91.0 Å². The van der Waals surface area contributed by atoms with Crippen LogP contribution in [0.3, 0.4) is 0 Å². The summed E-state index contributed by atoms with van der Waals surface area (Å²) < 4.78 is 6.27. The smallest absolute Gasteiger partial charge is 0.343 e. The van der Waals surface area contributed by atoms with E-state index in [1.807, 2.05) is 0 Å². The lowest BCUT2D eigenvalue weighted by Gasteiger charge is -2.06. The van der Waals surface area contributed by atoms with Gasteiger partial charge < -0.3 is 4.74 Å². The molecule has 0 aliphatic heterocycles. The average molecular weight is 231 g/mol. The van der Waals surface area contributed by atoms with Crippen LogP contribution in [0.5, 0.6) is 0 Å². The zero-order valence-corrected chi connectivity index (χ0v) is 9.63. The highest BCUT2D eigenvalue weighted by Crippen LogP contribution is 2.12. The Balaban J connectivity index is 2.47. The molecule has 0 atom stereocenters. The molecule has 7 heteroatoms. The van der Waals surface area contributed by atoms with Gasteiger partial charge in [0.15, 0.2) is 5.16 Å². The van der Waals surface area contributed by atoms with Gasteiger partial charge >= 0.3 is 11.7 Å². The van der Waals surface area contributed by atoms with Crippen LogP contribution in [0, 0.1) is 0 Å². The molecule has 0 saturated heterocycles. The van der Waals surface area contributed by atoms with Gasteiger partial charge in [-0.05, 0) is 13.8 Å². The number of nitrogens with zero attached hydrogens (tertiary/aromatic N) is 2. The number of H-pyrrole nitrogens is 1. The van der Waals surface area contributed by atoms with Crippen molar-refractivity contribution in [3.63, 3.8) is 0 Å². The van der Waals surface area contributed by atoms with Crippen molar-refractivity contribution in [1.29, 1.82) is 0 Å². The molecular formula is C8H13N3O3S. The summed E-state index contributed by atoms with van der Waals surface area (Å²) in [4.78, 5) is 22.2. The zero-order chi connectivity index (χ0) is 11.4. The number of nitrogens with one attached hydrogen (secondary N) is 1. The van der Waals surface area contributed by atoms with E-state index in [4.69, 9.17) is 4.74 Å². The highest BCUT2D eigenvalue weighted by atomic mass is 32.2. The molecule has 0 amide bonds. The van der Waals surface area contributed by atoms with E-state index in [2.05, 4.69) is 10.2 Å². The molecule has 0 radical (unpaired) electrons. The second-order valence-electron chi connectivity index (χ2n) is 3.20. The number of thioether (sulfide) groups is 1. The van der Waals surface area contributed by atoms with Gasteiger partial charge in [-0.1, -0.05) is 11.8 Å². The molecule has 0 aliphatic carbocycles. The van der Waals surface area contributed by atoms with Crippen molar-refractivity contribution in [2.75, 3.05) is 5.75 Å². The summed E-state index contributed by atoms with van der Waals surface area (Å²) in [6.07, 6.45) is -0.124. The maximum atomic E-state index is 11.2. The number of hydrogen-bond donors (Lipinski definition) is 1. The van der Waals surface area contributed by atoms with Crippen LogP contribution >= 0.6 is 11.8 Å². The first-order valence-electron chi connectivity index (χ1n) is 4.44. The van der Waals surface area contributed by atoms with Crippen LogP contribution in [-0.4, -0.2) is 32.6 Å². The van der Waals surface area contributed by atoms with E-state index in [9.17, 15) is 9.59 Å². The second-order valence-corrected chi connectivity index (χ2v) is 4.14. The van der Waals surface area contributed by atoms with Gasteiger partial charge in [0, 0.05) is 7.05 Å². The number of aromatic nitrogens is 3. The van der Waals surface area contributed by atoms with Gasteiger partial charge in [-0.2, -0.15) is 0 Å². The molecule has 1 heterocycles. The molecular weight excluding hydrogens is 218 g/mol. The fraction of sp³-hybridized carbons (Fsp3) is 0.625. The second kappa shape index (κ2) is 5.01. The van der Waals surface area contributed by atoms with Crippen LogP contribution in [0.25, 0.3) is 0 Å². The predicted octanol–water partition coefficient (Wildman–Crippen LogP) is 0.152. The maximum Gasteiger partial charge on any atom is 0.343 e. The van der Waals surface area contributed by atoms with Crippen molar-refractivity contribution in [3.8, 4) is 0 Å². The summed E-state index contributed by atoms with van der Waals surface area (Å²) in [6.45, 7) is 3.57. The van der Waals surface area contributed by atoms with E-state index in [1.54, 1.807) is 20.9 Å². The predicted molar refractivity (Wildman–Crippen MR) is 55.8 cm³/mol. The number of ether oxygens (including phenoxy) is 1. The van der Waals surface area contributed by atoms with Crippen molar-refractivity contribution in [2.24, 2.45) is 7.05 Å². The molecule has 6 nitrogen and oxygen atoms in total. The summed E-state index contributed by atoms with van der Waals surface area (Å²) in [5.74, 6) is -0.165. The number of rotatable bonds is 4. The third-order valence-corrected chi connectivity index (χ3v) is 2.53. The summed E-state index contributed by atoms with van der Waals surface area (Å²) in [7, 11) is 1.59. The molecule has 0 bridgehead atoms. The topological polar surface area (TPSA) is 77.0 Å². The first-order chi connectivity index (χ1) is 7.00. The zero-order valence-electron chi connectivity index (χ0n) is 8.81. The molecule has 15 heavy (non-hydrogen) atoms. The van der Waals surface area contributed by atoms with E-state index >= 15 is 0 Å². The number of hydrogen-bond acceptors (Lipinski definition) is 5. The van der Waals surface area contributed by atoms with Crippen LogP contribution in [0.4, 0.5) is 0 Å². The van der Waals surface area contributed by atoms with Crippen LogP contribution in [0.2, 0.25) is 0 Å². The minimum atomic E-state index is -0.314.